The van der Waals surface area contributed by atoms with Crippen LogP contribution in [0.3, 0.4) is 0 Å². The van der Waals surface area contributed by atoms with E-state index in [4.69, 9.17) is 14.2 Å². The monoisotopic (exact) mass is 479 g/mol. The zero-order valence-electron chi connectivity index (χ0n) is 16.5. The molecule has 0 radical (unpaired) electrons. The summed E-state index contributed by atoms with van der Waals surface area (Å²) >= 11 is 0.961. The molecule has 0 amide bonds. The first-order valence-corrected chi connectivity index (χ1v) is 10.6. The Morgan fingerprint density at radius 1 is 0.875 bits per heavy atom. The number of aliphatic hydroxyl groups excluding tert-OH is 7. The van der Waals surface area contributed by atoms with Crippen LogP contribution in [-0.2, 0) is 14.2 Å². The topological polar surface area (TPSA) is 212 Å². The van der Waals surface area contributed by atoms with Gasteiger partial charge in [-0.15, -0.1) is 0 Å². The Morgan fingerprint density at radius 3 is 2.06 bits per heavy atom. The summed E-state index contributed by atoms with van der Waals surface area (Å²) in [6.45, 7) is -1.34. The molecule has 2 aliphatic rings. The Hall–Kier alpha value is -1.43. The van der Waals surface area contributed by atoms with Gasteiger partial charge in [-0.1, -0.05) is 11.8 Å². The Balaban J connectivity index is 1.70. The number of aliphatic hydroxyl groups is 7. The van der Waals surface area contributed by atoms with Crippen molar-refractivity contribution in [3.05, 3.63) is 34.4 Å². The predicted octanol–water partition coefficient (Wildman–Crippen LogP) is -2.69. The average Bonchev–Trinajstić information content (AvgIpc) is 2.79. The van der Waals surface area contributed by atoms with Crippen molar-refractivity contribution in [3.8, 4) is 0 Å². The minimum absolute atomic E-state index is 0.124. The first-order valence-electron chi connectivity index (χ1n) is 9.67. The second-order valence-electron chi connectivity index (χ2n) is 7.37. The van der Waals surface area contributed by atoms with Crippen molar-refractivity contribution in [3.63, 3.8) is 0 Å². The highest BCUT2D eigenvalue weighted by Crippen LogP contribution is 2.36. The van der Waals surface area contributed by atoms with Gasteiger partial charge in [0.15, 0.2) is 6.29 Å². The van der Waals surface area contributed by atoms with Gasteiger partial charge in [-0.3, -0.25) is 10.1 Å². The quantitative estimate of drug-likeness (QED) is 0.157. The molecular weight excluding hydrogens is 454 g/mol. The number of hydrogen-bond acceptors (Lipinski definition) is 13. The fraction of sp³-hybridized carbons (Fsp3) is 0.667. The smallest absolute Gasteiger partial charge is 0.269 e. The number of rotatable bonds is 7. The molecule has 1 aromatic carbocycles. The minimum Gasteiger partial charge on any atom is -0.394 e. The van der Waals surface area contributed by atoms with E-state index in [9.17, 15) is 45.9 Å². The van der Waals surface area contributed by atoms with Crippen LogP contribution < -0.4 is 0 Å². The molecule has 32 heavy (non-hydrogen) atoms. The van der Waals surface area contributed by atoms with Crippen LogP contribution in [0.5, 0.6) is 0 Å². The fourth-order valence-corrected chi connectivity index (χ4v) is 4.49. The van der Waals surface area contributed by atoms with Gasteiger partial charge in [-0.05, 0) is 12.1 Å². The van der Waals surface area contributed by atoms with E-state index in [0.717, 1.165) is 11.8 Å². The lowest BCUT2D eigenvalue weighted by molar-refractivity contribution is -0.384. The second-order valence-corrected chi connectivity index (χ2v) is 8.55. The molecule has 0 aliphatic carbocycles. The number of nitro groups is 1. The van der Waals surface area contributed by atoms with Crippen molar-refractivity contribution >= 4 is 17.4 Å². The van der Waals surface area contributed by atoms with Crippen LogP contribution in [0.15, 0.2) is 29.2 Å². The van der Waals surface area contributed by atoms with E-state index in [2.05, 4.69) is 0 Å². The lowest BCUT2D eigenvalue weighted by Gasteiger charge is -2.46. The molecule has 0 bridgehead atoms. The highest BCUT2D eigenvalue weighted by molar-refractivity contribution is 7.99. The number of benzene rings is 1. The summed E-state index contributed by atoms with van der Waals surface area (Å²) < 4.78 is 16.4. The molecule has 0 unspecified atom stereocenters. The molecule has 0 saturated carbocycles. The van der Waals surface area contributed by atoms with Gasteiger partial charge in [0, 0.05) is 17.0 Å². The lowest BCUT2D eigenvalue weighted by Crippen LogP contribution is -2.64. The predicted molar refractivity (Wildman–Crippen MR) is 105 cm³/mol. The summed E-state index contributed by atoms with van der Waals surface area (Å²) in [5.74, 6) is 0. The van der Waals surface area contributed by atoms with Gasteiger partial charge in [0.25, 0.3) is 5.69 Å². The Morgan fingerprint density at radius 2 is 1.50 bits per heavy atom. The lowest BCUT2D eigenvalue weighted by atomic mass is 9.97. The molecule has 2 saturated heterocycles. The van der Waals surface area contributed by atoms with Gasteiger partial charge in [-0.25, -0.2) is 0 Å². The third kappa shape index (κ3) is 5.21. The summed E-state index contributed by atoms with van der Waals surface area (Å²) in [5.41, 5.74) is -1.20. The molecule has 0 aromatic heterocycles. The number of nitro benzene ring substituents is 1. The molecule has 2 fully saturated rings. The van der Waals surface area contributed by atoms with E-state index >= 15 is 0 Å². The molecule has 14 heteroatoms. The zero-order chi connectivity index (χ0) is 23.6. The van der Waals surface area contributed by atoms with E-state index in [0.29, 0.717) is 4.90 Å². The summed E-state index contributed by atoms with van der Waals surface area (Å²) in [7, 11) is 0. The molecule has 2 heterocycles. The molecule has 180 valence electrons. The SMILES string of the molecule is O=[N+]([O-])c1ccc(S[C@@H]2O[C@H](CO)[C@@H](O[C@H]3O[C@H](CO)[C@@H](O)[C@H](O)[C@H]3O)[C@H](O)[C@H]2O)cc1. The number of thioether (sulfide) groups is 1. The molecule has 7 N–H and O–H groups in total. The molecule has 13 nitrogen and oxygen atoms in total. The van der Waals surface area contributed by atoms with Crippen molar-refractivity contribution < 1.29 is 54.9 Å². The van der Waals surface area contributed by atoms with Gasteiger partial charge in [0.1, 0.15) is 54.3 Å². The van der Waals surface area contributed by atoms with E-state index < -0.39 is 78.7 Å². The second kappa shape index (κ2) is 10.7. The Kier molecular flexibility index (Phi) is 8.40. The number of nitrogens with zero attached hydrogens (tertiary/aromatic N) is 1. The van der Waals surface area contributed by atoms with Crippen LogP contribution >= 0.6 is 11.8 Å². The van der Waals surface area contributed by atoms with Crippen LogP contribution in [0, 0.1) is 10.1 Å². The molecule has 2 aliphatic heterocycles. The highest BCUT2D eigenvalue weighted by atomic mass is 32.2. The standard InChI is InChI=1S/C18H25NO12S/c20-5-9-11(22)12(23)14(25)17(29-9)31-16-10(6-21)30-18(15(26)13(16)24)32-8-3-1-7(2-4-8)19(27)28/h1-4,9-18,20-26H,5-6H2/t9-,10-,11-,12+,13-,14-,15-,16-,17-,18+/m1/s1. The van der Waals surface area contributed by atoms with E-state index in [1.165, 1.54) is 24.3 Å². The van der Waals surface area contributed by atoms with Crippen LogP contribution in [-0.4, -0.2) is 114 Å². The van der Waals surface area contributed by atoms with Crippen molar-refractivity contribution in [2.75, 3.05) is 13.2 Å². The van der Waals surface area contributed by atoms with Gasteiger partial charge >= 0.3 is 0 Å². The first kappa shape index (κ1) is 25.2. The van der Waals surface area contributed by atoms with Crippen LogP contribution in [0.1, 0.15) is 0 Å². The molecule has 0 spiro atoms. The van der Waals surface area contributed by atoms with Crippen LogP contribution in [0.4, 0.5) is 5.69 Å². The fourth-order valence-electron chi connectivity index (χ4n) is 3.43. The Labute approximate surface area is 185 Å². The van der Waals surface area contributed by atoms with Crippen molar-refractivity contribution in [2.24, 2.45) is 0 Å². The summed E-state index contributed by atoms with van der Waals surface area (Å²) in [6.07, 6.45) is -13.7. The molecular formula is C18H25NO12S. The van der Waals surface area contributed by atoms with Gasteiger partial charge in [0.2, 0.25) is 0 Å². The maximum absolute atomic E-state index is 10.8. The normalized spacial score (nSPS) is 40.2. The first-order chi connectivity index (χ1) is 15.2. The molecule has 10 atom stereocenters. The van der Waals surface area contributed by atoms with Gasteiger partial charge < -0.3 is 50.0 Å². The molecule has 3 rings (SSSR count). The summed E-state index contributed by atoms with van der Waals surface area (Å²) in [5, 5.41) is 80.7. The highest BCUT2D eigenvalue weighted by Gasteiger charge is 2.50. The maximum Gasteiger partial charge on any atom is 0.269 e. The largest absolute Gasteiger partial charge is 0.394 e. The van der Waals surface area contributed by atoms with Crippen LogP contribution in [0.25, 0.3) is 0 Å². The van der Waals surface area contributed by atoms with Crippen LogP contribution in [0.2, 0.25) is 0 Å². The van der Waals surface area contributed by atoms with Crippen molar-refractivity contribution in [1.29, 1.82) is 0 Å². The number of hydrogen-bond donors (Lipinski definition) is 7. The Bertz CT molecular complexity index is 765. The van der Waals surface area contributed by atoms with Gasteiger partial charge in [0.05, 0.1) is 18.1 Å². The zero-order valence-corrected chi connectivity index (χ0v) is 17.3. The van der Waals surface area contributed by atoms with Gasteiger partial charge in [-0.2, -0.15) is 0 Å². The number of ether oxygens (including phenoxy) is 3. The molecule has 1 aromatic rings. The average molecular weight is 479 g/mol. The summed E-state index contributed by atoms with van der Waals surface area (Å²) in [4.78, 5) is 10.7. The van der Waals surface area contributed by atoms with E-state index in [-0.39, 0.29) is 5.69 Å². The maximum atomic E-state index is 10.8. The minimum atomic E-state index is -1.75. The summed E-state index contributed by atoms with van der Waals surface area (Å²) in [6, 6.07) is 5.41. The van der Waals surface area contributed by atoms with Crippen molar-refractivity contribution in [2.45, 2.75) is 65.5 Å². The van der Waals surface area contributed by atoms with E-state index in [1.807, 2.05) is 0 Å². The third-order valence-electron chi connectivity index (χ3n) is 5.26. The van der Waals surface area contributed by atoms with E-state index in [1.54, 1.807) is 0 Å². The third-order valence-corrected chi connectivity index (χ3v) is 6.43. The number of non-ortho nitro benzene ring substituents is 1. The van der Waals surface area contributed by atoms with Crippen molar-refractivity contribution in [1.82, 2.24) is 0 Å².